The number of para-hydroxylation sites is 1. The van der Waals surface area contributed by atoms with Crippen LogP contribution in [0.5, 0.6) is 5.75 Å². The number of rotatable bonds is 1. The summed E-state index contributed by atoms with van der Waals surface area (Å²) < 4.78 is 14.5. The van der Waals surface area contributed by atoms with Crippen LogP contribution in [0.2, 0.25) is 0 Å². The molecule has 0 N–H and O–H groups in total. The molecule has 0 amide bonds. The van der Waals surface area contributed by atoms with E-state index in [-0.39, 0.29) is 6.10 Å². The van der Waals surface area contributed by atoms with Crippen LogP contribution in [-0.2, 0) is 0 Å². The summed E-state index contributed by atoms with van der Waals surface area (Å²) in [5.74, 6) is 0.953. The van der Waals surface area contributed by atoms with E-state index in [1.165, 1.54) is 5.57 Å². The SMILES string of the molecule is C1=C2c3ccccc3OC2CC=C1n1c2ncccc2c2c3cnccc3oc21. The molecular formula is C24H15N3O2. The summed E-state index contributed by atoms with van der Waals surface area (Å²) in [5.41, 5.74) is 5.96. The van der Waals surface area contributed by atoms with Gasteiger partial charge in [0.2, 0.25) is 5.71 Å². The number of furan rings is 1. The molecule has 1 aliphatic heterocycles. The molecule has 0 fully saturated rings. The van der Waals surface area contributed by atoms with Crippen molar-refractivity contribution in [2.24, 2.45) is 0 Å². The van der Waals surface area contributed by atoms with Gasteiger partial charge < -0.3 is 9.15 Å². The van der Waals surface area contributed by atoms with Crippen molar-refractivity contribution in [2.75, 3.05) is 0 Å². The number of fused-ring (bicyclic) bond motifs is 8. The molecule has 4 aromatic heterocycles. The van der Waals surface area contributed by atoms with Crippen LogP contribution in [0.25, 0.3) is 44.4 Å². The van der Waals surface area contributed by atoms with E-state index in [1.807, 2.05) is 36.7 Å². The smallest absolute Gasteiger partial charge is 0.215 e. The first kappa shape index (κ1) is 15.1. The van der Waals surface area contributed by atoms with Gasteiger partial charge in [-0.05, 0) is 30.3 Å². The zero-order valence-electron chi connectivity index (χ0n) is 15.4. The van der Waals surface area contributed by atoms with E-state index in [0.29, 0.717) is 0 Å². The molecule has 7 rings (SSSR count). The minimum absolute atomic E-state index is 0.0706. The Morgan fingerprint density at radius 1 is 1.00 bits per heavy atom. The Kier molecular flexibility index (Phi) is 2.79. The monoisotopic (exact) mass is 377 g/mol. The Balaban J connectivity index is 1.54. The summed E-state index contributed by atoms with van der Waals surface area (Å²) in [5, 5.41) is 3.13. The maximum absolute atomic E-state index is 6.28. The van der Waals surface area contributed by atoms with Gasteiger partial charge in [-0.1, -0.05) is 24.3 Å². The van der Waals surface area contributed by atoms with E-state index in [2.05, 4.69) is 44.9 Å². The number of pyridine rings is 2. The maximum atomic E-state index is 6.28. The van der Waals surface area contributed by atoms with E-state index in [4.69, 9.17) is 9.15 Å². The molecule has 0 spiro atoms. The molecule has 1 atom stereocenters. The predicted octanol–water partition coefficient (Wildman–Crippen LogP) is 5.42. The molecule has 1 unspecified atom stereocenters. The van der Waals surface area contributed by atoms with Crippen LogP contribution in [0.15, 0.2) is 77.6 Å². The highest BCUT2D eigenvalue weighted by molar-refractivity contribution is 6.19. The third-order valence-electron chi connectivity index (χ3n) is 5.86. The van der Waals surface area contributed by atoms with Crippen molar-refractivity contribution in [3.05, 3.63) is 78.8 Å². The number of hydrogen-bond donors (Lipinski definition) is 0. The second kappa shape index (κ2) is 5.35. The minimum atomic E-state index is 0.0706. The van der Waals surface area contributed by atoms with Gasteiger partial charge in [0.05, 0.1) is 5.39 Å². The first-order chi connectivity index (χ1) is 14.4. The van der Waals surface area contributed by atoms with Crippen molar-refractivity contribution in [3.8, 4) is 5.75 Å². The number of hydrogen-bond acceptors (Lipinski definition) is 4. The zero-order chi connectivity index (χ0) is 18.9. The normalized spacial score (nSPS) is 17.9. The number of benzene rings is 1. The fourth-order valence-electron chi connectivity index (χ4n) is 4.60. The largest absolute Gasteiger partial charge is 0.485 e. The fourth-order valence-corrected chi connectivity index (χ4v) is 4.60. The third kappa shape index (κ3) is 1.94. The van der Waals surface area contributed by atoms with Gasteiger partial charge in [0.15, 0.2) is 0 Å². The van der Waals surface area contributed by atoms with Gasteiger partial charge in [-0.25, -0.2) is 4.98 Å². The molecule has 0 saturated heterocycles. The van der Waals surface area contributed by atoms with Crippen molar-refractivity contribution in [2.45, 2.75) is 12.5 Å². The number of aromatic nitrogens is 3. The topological polar surface area (TPSA) is 53.1 Å². The van der Waals surface area contributed by atoms with Gasteiger partial charge >= 0.3 is 0 Å². The summed E-state index contributed by atoms with van der Waals surface area (Å²) >= 11 is 0. The molecule has 5 heterocycles. The van der Waals surface area contributed by atoms with Crippen LogP contribution < -0.4 is 4.74 Å². The maximum Gasteiger partial charge on any atom is 0.215 e. The first-order valence-electron chi connectivity index (χ1n) is 9.68. The lowest BCUT2D eigenvalue weighted by molar-refractivity contribution is 0.279. The molecule has 5 nitrogen and oxygen atoms in total. The average molecular weight is 377 g/mol. The third-order valence-corrected chi connectivity index (χ3v) is 5.86. The summed E-state index contributed by atoms with van der Waals surface area (Å²) in [6.07, 6.45) is 10.7. The van der Waals surface area contributed by atoms with Crippen LogP contribution in [0.4, 0.5) is 0 Å². The van der Waals surface area contributed by atoms with E-state index in [9.17, 15) is 0 Å². The lowest BCUT2D eigenvalue weighted by Crippen LogP contribution is -2.15. The van der Waals surface area contributed by atoms with Crippen LogP contribution in [0, 0.1) is 0 Å². The molecular weight excluding hydrogens is 362 g/mol. The Morgan fingerprint density at radius 3 is 2.97 bits per heavy atom. The number of allylic oxidation sites excluding steroid dienone is 2. The van der Waals surface area contributed by atoms with Crippen LogP contribution >= 0.6 is 0 Å². The van der Waals surface area contributed by atoms with E-state index in [1.54, 1.807) is 6.20 Å². The van der Waals surface area contributed by atoms with Crippen LogP contribution in [-0.4, -0.2) is 20.6 Å². The number of ether oxygens (including phenoxy) is 1. The highest BCUT2D eigenvalue weighted by Crippen LogP contribution is 2.44. The summed E-state index contributed by atoms with van der Waals surface area (Å²) in [7, 11) is 0. The van der Waals surface area contributed by atoms with E-state index < -0.39 is 0 Å². The fraction of sp³-hybridized carbons (Fsp3) is 0.0833. The lowest BCUT2D eigenvalue weighted by Gasteiger charge is -2.18. The molecule has 0 saturated carbocycles. The molecule has 5 heteroatoms. The summed E-state index contributed by atoms with van der Waals surface area (Å²) in [4.78, 5) is 8.98. The van der Waals surface area contributed by atoms with Crippen LogP contribution in [0.3, 0.4) is 0 Å². The van der Waals surface area contributed by atoms with Crippen molar-refractivity contribution >= 4 is 44.4 Å². The molecule has 0 bridgehead atoms. The van der Waals surface area contributed by atoms with Gasteiger partial charge in [-0.2, -0.15) is 0 Å². The Hall–Kier alpha value is -3.86. The molecule has 1 aliphatic carbocycles. The predicted molar refractivity (Wildman–Crippen MR) is 113 cm³/mol. The second-order valence-electron chi connectivity index (χ2n) is 7.43. The van der Waals surface area contributed by atoms with Crippen molar-refractivity contribution in [1.82, 2.24) is 14.5 Å². The Labute approximate surface area is 165 Å². The Bertz CT molecular complexity index is 1520. The van der Waals surface area contributed by atoms with Crippen LogP contribution in [0.1, 0.15) is 12.0 Å². The molecule has 0 radical (unpaired) electrons. The Morgan fingerprint density at radius 2 is 1.97 bits per heavy atom. The van der Waals surface area contributed by atoms with Crippen molar-refractivity contribution in [1.29, 1.82) is 0 Å². The highest BCUT2D eigenvalue weighted by Gasteiger charge is 2.31. The number of nitrogens with zero attached hydrogens (tertiary/aromatic N) is 3. The van der Waals surface area contributed by atoms with Gasteiger partial charge in [-0.15, -0.1) is 0 Å². The van der Waals surface area contributed by atoms with Crippen molar-refractivity contribution in [3.63, 3.8) is 0 Å². The standard InChI is InChI=1S/C24H15N3O2/c1-2-6-19-15(4-1)17-12-14(7-8-20(17)28-19)27-23-16(5-3-10-26-23)22-18-13-25-11-9-21(18)29-24(22)27/h1-7,9-13,20H,8H2. The van der Waals surface area contributed by atoms with Crippen molar-refractivity contribution < 1.29 is 9.15 Å². The van der Waals surface area contributed by atoms with E-state index >= 15 is 0 Å². The zero-order valence-corrected chi connectivity index (χ0v) is 15.4. The molecule has 29 heavy (non-hydrogen) atoms. The quantitative estimate of drug-likeness (QED) is 0.391. The molecule has 138 valence electrons. The van der Waals surface area contributed by atoms with Gasteiger partial charge in [-0.3, -0.25) is 9.55 Å². The molecule has 1 aromatic carbocycles. The molecule has 2 aliphatic rings. The second-order valence-corrected chi connectivity index (χ2v) is 7.43. The van der Waals surface area contributed by atoms with Gasteiger partial charge in [0.1, 0.15) is 23.1 Å². The highest BCUT2D eigenvalue weighted by atomic mass is 16.5. The van der Waals surface area contributed by atoms with Gasteiger partial charge in [0.25, 0.3) is 0 Å². The lowest BCUT2D eigenvalue weighted by atomic mass is 9.95. The van der Waals surface area contributed by atoms with Gasteiger partial charge in [0, 0.05) is 52.6 Å². The molecule has 5 aromatic rings. The average Bonchev–Trinajstić information content (AvgIpc) is 3.41. The summed E-state index contributed by atoms with van der Waals surface area (Å²) in [6.45, 7) is 0. The summed E-state index contributed by atoms with van der Waals surface area (Å²) in [6, 6.07) is 14.2. The minimum Gasteiger partial charge on any atom is -0.485 e. The first-order valence-corrected chi connectivity index (χ1v) is 9.68. The van der Waals surface area contributed by atoms with E-state index in [0.717, 1.165) is 56.5 Å².